The SMILES string of the molecule is CC(C)(C)[Si](C)(C)Oc1ccc2ccc(CO)nc2c1.COC(=O)c1ccc2ccc(O[Si](C)(C)C(C)(C)C)cc2n1. The summed E-state index contributed by atoms with van der Waals surface area (Å²) < 4.78 is 17.3. The number of benzene rings is 2. The van der Waals surface area contributed by atoms with Gasteiger partial charge in [-0.3, -0.25) is 4.98 Å². The number of rotatable bonds is 6. The first-order valence-electron chi connectivity index (χ1n) is 14.2. The highest BCUT2D eigenvalue weighted by molar-refractivity contribution is 6.75. The van der Waals surface area contributed by atoms with Gasteiger partial charge in [0.1, 0.15) is 17.2 Å². The quantitative estimate of drug-likeness (QED) is 0.174. The highest BCUT2D eigenvalue weighted by atomic mass is 28.4. The lowest BCUT2D eigenvalue weighted by molar-refractivity contribution is 0.0594. The minimum atomic E-state index is -1.89. The molecule has 0 saturated heterocycles. The second kappa shape index (κ2) is 12.5. The molecule has 0 unspecified atom stereocenters. The molecule has 42 heavy (non-hydrogen) atoms. The molecule has 7 nitrogen and oxygen atoms in total. The number of carbonyl (C=O) groups is 1. The smallest absolute Gasteiger partial charge is 0.356 e. The molecular formula is C33H46N2O5Si2. The number of methoxy groups -OCH3 is 1. The summed E-state index contributed by atoms with van der Waals surface area (Å²) >= 11 is 0. The number of carbonyl (C=O) groups excluding carboxylic acids is 1. The molecule has 4 rings (SSSR count). The number of pyridine rings is 2. The van der Waals surface area contributed by atoms with Gasteiger partial charge in [-0.05, 0) is 72.7 Å². The molecule has 0 aliphatic carbocycles. The minimum Gasteiger partial charge on any atom is -0.543 e. The zero-order valence-electron chi connectivity index (χ0n) is 27.0. The summed E-state index contributed by atoms with van der Waals surface area (Å²) in [5.74, 6) is 1.23. The molecule has 0 saturated carbocycles. The third-order valence-electron chi connectivity index (χ3n) is 8.30. The summed E-state index contributed by atoms with van der Waals surface area (Å²) in [5.41, 5.74) is 2.59. The van der Waals surface area contributed by atoms with E-state index in [1.165, 1.54) is 7.11 Å². The van der Waals surface area contributed by atoms with Gasteiger partial charge in [-0.2, -0.15) is 0 Å². The van der Waals surface area contributed by atoms with Crippen molar-refractivity contribution < 1.29 is 23.5 Å². The van der Waals surface area contributed by atoms with E-state index in [4.69, 9.17) is 13.6 Å². The molecule has 226 valence electrons. The van der Waals surface area contributed by atoms with Gasteiger partial charge in [-0.15, -0.1) is 0 Å². The maximum absolute atomic E-state index is 11.6. The van der Waals surface area contributed by atoms with Crippen molar-refractivity contribution in [2.24, 2.45) is 0 Å². The highest BCUT2D eigenvalue weighted by Crippen LogP contribution is 2.39. The first kappa shape index (κ1) is 33.2. The number of esters is 1. The topological polar surface area (TPSA) is 90.8 Å². The van der Waals surface area contributed by atoms with E-state index in [9.17, 15) is 9.90 Å². The Balaban J connectivity index is 0.000000231. The van der Waals surface area contributed by atoms with Crippen molar-refractivity contribution >= 4 is 44.4 Å². The Morgan fingerprint density at radius 1 is 0.714 bits per heavy atom. The van der Waals surface area contributed by atoms with Gasteiger partial charge in [-0.1, -0.05) is 53.7 Å². The molecule has 0 spiro atoms. The van der Waals surface area contributed by atoms with E-state index < -0.39 is 22.6 Å². The third kappa shape index (κ3) is 7.96. The van der Waals surface area contributed by atoms with Crippen LogP contribution in [0.25, 0.3) is 21.8 Å². The number of aromatic nitrogens is 2. The second-order valence-electron chi connectivity index (χ2n) is 13.6. The third-order valence-corrected chi connectivity index (χ3v) is 17.0. The minimum absolute atomic E-state index is 0.0384. The number of fused-ring (bicyclic) bond motifs is 2. The predicted molar refractivity (Wildman–Crippen MR) is 176 cm³/mol. The Morgan fingerprint density at radius 2 is 1.14 bits per heavy atom. The molecule has 0 aliphatic heterocycles. The van der Waals surface area contributed by atoms with Crippen LogP contribution in [0.2, 0.25) is 36.3 Å². The summed E-state index contributed by atoms with van der Waals surface area (Å²) in [6, 6.07) is 19.2. The number of nitrogens with zero attached hydrogens (tertiary/aromatic N) is 2. The van der Waals surface area contributed by atoms with E-state index in [1.54, 1.807) is 6.07 Å². The molecule has 0 radical (unpaired) electrons. The lowest BCUT2D eigenvalue weighted by atomic mass is 10.2. The number of hydrogen-bond donors (Lipinski definition) is 1. The first-order valence-corrected chi connectivity index (χ1v) is 20.1. The number of aliphatic hydroxyl groups is 1. The largest absolute Gasteiger partial charge is 0.543 e. The maximum atomic E-state index is 11.6. The monoisotopic (exact) mass is 606 g/mol. The van der Waals surface area contributed by atoms with E-state index in [0.29, 0.717) is 11.4 Å². The summed E-state index contributed by atoms with van der Waals surface area (Å²) in [7, 11) is -2.37. The fraction of sp³-hybridized carbons (Fsp3) is 0.424. The zero-order valence-corrected chi connectivity index (χ0v) is 29.0. The van der Waals surface area contributed by atoms with Gasteiger partial charge in [0, 0.05) is 22.9 Å². The van der Waals surface area contributed by atoms with E-state index in [-0.39, 0.29) is 16.7 Å². The van der Waals surface area contributed by atoms with Gasteiger partial charge < -0.3 is 18.7 Å². The summed E-state index contributed by atoms with van der Waals surface area (Å²) in [5, 5.41) is 11.5. The zero-order chi connectivity index (χ0) is 31.5. The molecular weight excluding hydrogens is 561 g/mol. The highest BCUT2D eigenvalue weighted by Gasteiger charge is 2.39. The molecule has 0 amide bonds. The lowest BCUT2D eigenvalue weighted by Gasteiger charge is -2.36. The van der Waals surface area contributed by atoms with E-state index in [1.807, 2.05) is 54.6 Å². The van der Waals surface area contributed by atoms with E-state index >= 15 is 0 Å². The Bertz CT molecular complexity index is 1560. The van der Waals surface area contributed by atoms with Crippen LogP contribution in [0, 0.1) is 0 Å². The molecule has 4 aromatic rings. The standard InChI is InChI=1S/C17H23NO3Si.C16H23NO2Si/c1-17(2,3)22(5,6)21-13-9-7-12-8-10-14(16(19)20-4)18-15(12)11-13;1-16(2,3)20(4,5)19-14-9-7-12-6-8-13(11-18)17-15(12)10-14/h7-11H,1-6H3;6-10,18H,11H2,1-5H3. The van der Waals surface area contributed by atoms with Crippen LogP contribution in [0.1, 0.15) is 57.7 Å². The van der Waals surface area contributed by atoms with Crippen LogP contribution < -0.4 is 8.85 Å². The lowest BCUT2D eigenvalue weighted by Crippen LogP contribution is -2.43. The second-order valence-corrected chi connectivity index (χ2v) is 23.0. The van der Waals surface area contributed by atoms with Crippen LogP contribution >= 0.6 is 0 Å². The maximum Gasteiger partial charge on any atom is 0.356 e. The van der Waals surface area contributed by atoms with Crippen molar-refractivity contribution in [3.05, 3.63) is 72.1 Å². The Labute approximate surface area is 252 Å². The van der Waals surface area contributed by atoms with Crippen molar-refractivity contribution in [3.63, 3.8) is 0 Å². The molecule has 0 fully saturated rings. The van der Waals surface area contributed by atoms with Crippen LogP contribution in [-0.2, 0) is 11.3 Å². The average molecular weight is 607 g/mol. The predicted octanol–water partition coefficient (Wildman–Crippen LogP) is 8.52. The van der Waals surface area contributed by atoms with E-state index in [0.717, 1.165) is 33.3 Å². The molecule has 2 aromatic carbocycles. The van der Waals surface area contributed by atoms with Gasteiger partial charge in [0.05, 0.1) is 30.4 Å². The Kier molecular flexibility index (Phi) is 9.91. The average Bonchev–Trinajstić information content (AvgIpc) is 2.90. The Morgan fingerprint density at radius 3 is 1.57 bits per heavy atom. The number of aliphatic hydroxyl groups excluding tert-OH is 1. The fourth-order valence-corrected chi connectivity index (χ4v) is 5.61. The van der Waals surface area contributed by atoms with Crippen LogP contribution in [0.5, 0.6) is 11.5 Å². The van der Waals surface area contributed by atoms with Crippen LogP contribution in [-0.4, -0.2) is 44.8 Å². The molecule has 9 heteroatoms. The van der Waals surface area contributed by atoms with Gasteiger partial charge in [0.25, 0.3) is 0 Å². The molecule has 2 aromatic heterocycles. The van der Waals surface area contributed by atoms with Gasteiger partial charge in [0.2, 0.25) is 16.6 Å². The van der Waals surface area contributed by atoms with Gasteiger partial charge >= 0.3 is 5.97 Å². The van der Waals surface area contributed by atoms with Crippen molar-refractivity contribution in [2.45, 2.75) is 84.4 Å². The van der Waals surface area contributed by atoms with Crippen LogP contribution in [0.3, 0.4) is 0 Å². The molecule has 2 heterocycles. The summed E-state index contributed by atoms with van der Waals surface area (Å²) in [6.45, 7) is 22.1. The summed E-state index contributed by atoms with van der Waals surface area (Å²) in [4.78, 5) is 20.4. The molecule has 0 aliphatic rings. The Hall–Kier alpha value is -3.28. The van der Waals surface area contributed by atoms with Crippen LogP contribution in [0.4, 0.5) is 0 Å². The normalized spacial score (nSPS) is 12.5. The molecule has 0 bridgehead atoms. The van der Waals surface area contributed by atoms with Crippen molar-refractivity contribution in [3.8, 4) is 11.5 Å². The number of hydrogen-bond acceptors (Lipinski definition) is 7. The van der Waals surface area contributed by atoms with Gasteiger partial charge in [-0.25, -0.2) is 9.78 Å². The summed E-state index contributed by atoms with van der Waals surface area (Å²) in [6.07, 6.45) is 0. The van der Waals surface area contributed by atoms with Gasteiger partial charge in [0.15, 0.2) is 0 Å². The molecule has 1 N–H and O–H groups in total. The van der Waals surface area contributed by atoms with Crippen molar-refractivity contribution in [1.82, 2.24) is 9.97 Å². The van der Waals surface area contributed by atoms with Crippen molar-refractivity contribution in [1.29, 1.82) is 0 Å². The van der Waals surface area contributed by atoms with Crippen molar-refractivity contribution in [2.75, 3.05) is 7.11 Å². The fourth-order valence-electron chi connectivity index (χ4n) is 3.56. The first-order chi connectivity index (χ1) is 19.4. The number of ether oxygens (including phenoxy) is 1. The van der Waals surface area contributed by atoms with E-state index in [2.05, 4.69) is 77.7 Å². The molecule has 0 atom stereocenters. The van der Waals surface area contributed by atoms with Crippen LogP contribution in [0.15, 0.2) is 60.7 Å².